The first-order valence-corrected chi connectivity index (χ1v) is 9.89. The van der Waals surface area contributed by atoms with Gasteiger partial charge in [-0.2, -0.15) is 10.1 Å². The van der Waals surface area contributed by atoms with E-state index in [2.05, 4.69) is 10.1 Å². The van der Waals surface area contributed by atoms with Crippen LogP contribution in [0.25, 0.3) is 10.2 Å². The maximum Gasteiger partial charge on any atom is 0.297 e. The van der Waals surface area contributed by atoms with Crippen molar-refractivity contribution in [3.8, 4) is 11.5 Å². The van der Waals surface area contributed by atoms with Gasteiger partial charge in [0.2, 0.25) is 0 Å². The fourth-order valence-electron chi connectivity index (χ4n) is 2.96. The number of amides is 1. The summed E-state index contributed by atoms with van der Waals surface area (Å²) in [6.07, 6.45) is 1.60. The van der Waals surface area contributed by atoms with E-state index in [0.29, 0.717) is 48.3 Å². The van der Waals surface area contributed by atoms with Crippen LogP contribution in [0.4, 0.5) is 0 Å². The zero-order chi connectivity index (χ0) is 20.1. The molecule has 3 aromatic rings. The van der Waals surface area contributed by atoms with Gasteiger partial charge in [-0.1, -0.05) is 11.3 Å². The highest BCUT2D eigenvalue weighted by molar-refractivity contribution is 7.16. The lowest BCUT2D eigenvalue weighted by molar-refractivity contribution is 0.0986. The highest BCUT2D eigenvalue weighted by Gasteiger charge is 2.17. The van der Waals surface area contributed by atoms with Crippen molar-refractivity contribution < 1.29 is 19.0 Å². The molecule has 1 amide bonds. The smallest absolute Gasteiger partial charge is 0.297 e. The largest absolute Gasteiger partial charge is 0.495 e. The van der Waals surface area contributed by atoms with Gasteiger partial charge in [-0.05, 0) is 32.0 Å². The third kappa shape index (κ3) is 3.81. The van der Waals surface area contributed by atoms with Gasteiger partial charge in [0, 0.05) is 25.9 Å². The van der Waals surface area contributed by atoms with Gasteiger partial charge >= 0.3 is 0 Å². The molecule has 0 unspecified atom stereocenters. The minimum atomic E-state index is -0.339. The lowest BCUT2D eigenvalue weighted by Gasteiger charge is -2.10. The molecule has 0 radical (unpaired) electrons. The minimum absolute atomic E-state index is 0.339. The number of hydrogen-bond acceptors (Lipinski definition) is 6. The standard InChI is InChI=1S/C19H24N4O4S/c1-5-23-13(9-10-20-23)18(24)21-19-22(11-12-27-6-2)16-14(25-3)7-8-15(26-4)17(16)28-19/h7-10H,5-6,11-12H2,1-4H3. The molecule has 0 aliphatic rings. The van der Waals surface area contributed by atoms with E-state index in [-0.39, 0.29) is 5.91 Å². The van der Waals surface area contributed by atoms with Crippen LogP contribution in [0.5, 0.6) is 11.5 Å². The van der Waals surface area contributed by atoms with E-state index in [9.17, 15) is 4.79 Å². The first kappa shape index (κ1) is 20.1. The second-order valence-corrected chi connectivity index (χ2v) is 6.81. The van der Waals surface area contributed by atoms with Crippen molar-refractivity contribution in [2.45, 2.75) is 26.9 Å². The summed E-state index contributed by atoms with van der Waals surface area (Å²) in [7, 11) is 3.24. The summed E-state index contributed by atoms with van der Waals surface area (Å²) in [6.45, 7) is 6.13. The molecular formula is C19H24N4O4S. The molecule has 8 nitrogen and oxygen atoms in total. The van der Waals surface area contributed by atoms with Gasteiger partial charge in [-0.15, -0.1) is 0 Å². The summed E-state index contributed by atoms with van der Waals surface area (Å²) in [6, 6.07) is 5.37. The molecule has 0 N–H and O–H groups in total. The van der Waals surface area contributed by atoms with Gasteiger partial charge < -0.3 is 18.8 Å². The number of nitrogens with zero attached hydrogens (tertiary/aromatic N) is 4. The van der Waals surface area contributed by atoms with E-state index in [1.807, 2.05) is 30.5 Å². The van der Waals surface area contributed by atoms with Crippen LogP contribution >= 0.6 is 11.3 Å². The number of methoxy groups -OCH3 is 2. The highest BCUT2D eigenvalue weighted by atomic mass is 32.1. The third-order valence-electron chi connectivity index (χ3n) is 4.29. The van der Waals surface area contributed by atoms with E-state index in [1.165, 1.54) is 11.3 Å². The van der Waals surface area contributed by atoms with Crippen LogP contribution in [0.1, 0.15) is 24.3 Å². The number of aromatic nitrogens is 3. The number of hydrogen-bond donors (Lipinski definition) is 0. The molecule has 1 aromatic carbocycles. The average Bonchev–Trinajstić information content (AvgIpc) is 3.32. The number of fused-ring (bicyclic) bond motifs is 1. The predicted molar refractivity (Wildman–Crippen MR) is 107 cm³/mol. The molecule has 3 rings (SSSR count). The molecule has 150 valence electrons. The Hall–Kier alpha value is -2.65. The number of ether oxygens (including phenoxy) is 3. The SMILES string of the molecule is CCOCCn1c(=NC(=O)c2ccnn2CC)sc2c(OC)ccc(OC)c21. The van der Waals surface area contributed by atoms with Crippen molar-refractivity contribution in [1.82, 2.24) is 14.3 Å². The summed E-state index contributed by atoms with van der Waals surface area (Å²) in [5, 5.41) is 4.15. The Morgan fingerprint density at radius 3 is 2.61 bits per heavy atom. The summed E-state index contributed by atoms with van der Waals surface area (Å²) < 4.78 is 21.0. The molecule has 2 heterocycles. The Bertz CT molecular complexity index is 1030. The zero-order valence-electron chi connectivity index (χ0n) is 16.5. The first-order chi connectivity index (χ1) is 13.6. The molecule has 0 aliphatic carbocycles. The number of aryl methyl sites for hydroxylation is 1. The van der Waals surface area contributed by atoms with Crippen LogP contribution in [0, 0.1) is 0 Å². The monoisotopic (exact) mass is 404 g/mol. The van der Waals surface area contributed by atoms with Gasteiger partial charge in [0.25, 0.3) is 5.91 Å². The molecule has 0 saturated heterocycles. The lowest BCUT2D eigenvalue weighted by Crippen LogP contribution is -2.20. The van der Waals surface area contributed by atoms with Crippen LogP contribution in [0.2, 0.25) is 0 Å². The topological polar surface area (TPSA) is 79.9 Å². The molecule has 2 aromatic heterocycles. The van der Waals surface area contributed by atoms with Gasteiger partial charge in [0.1, 0.15) is 27.4 Å². The number of carbonyl (C=O) groups is 1. The van der Waals surface area contributed by atoms with Crippen LogP contribution in [0.3, 0.4) is 0 Å². The Labute approximate surface area is 167 Å². The lowest BCUT2D eigenvalue weighted by atomic mass is 10.3. The van der Waals surface area contributed by atoms with E-state index in [4.69, 9.17) is 14.2 Å². The maximum absolute atomic E-state index is 12.8. The van der Waals surface area contributed by atoms with Crippen molar-refractivity contribution in [3.05, 3.63) is 34.9 Å². The van der Waals surface area contributed by atoms with E-state index in [0.717, 1.165) is 10.2 Å². The Balaban J connectivity index is 2.19. The number of thiazole rings is 1. The fourth-order valence-corrected chi connectivity index (χ4v) is 4.12. The quantitative estimate of drug-likeness (QED) is 0.540. The number of carbonyl (C=O) groups excluding carboxylic acids is 1. The molecule has 28 heavy (non-hydrogen) atoms. The molecular weight excluding hydrogens is 380 g/mol. The van der Waals surface area contributed by atoms with Crippen LogP contribution in [0.15, 0.2) is 29.4 Å². The van der Waals surface area contributed by atoms with Crippen molar-refractivity contribution >= 4 is 27.5 Å². The molecule has 0 saturated carbocycles. The van der Waals surface area contributed by atoms with Gasteiger partial charge in [0.05, 0.1) is 20.8 Å². The van der Waals surface area contributed by atoms with Crippen molar-refractivity contribution in [2.24, 2.45) is 4.99 Å². The summed E-state index contributed by atoms with van der Waals surface area (Å²) >= 11 is 1.39. The fraction of sp³-hybridized carbons (Fsp3) is 0.421. The predicted octanol–water partition coefficient (Wildman–Crippen LogP) is 2.71. The summed E-state index contributed by atoms with van der Waals surface area (Å²) in [5.74, 6) is 1.06. The number of benzene rings is 1. The molecule has 0 atom stereocenters. The first-order valence-electron chi connectivity index (χ1n) is 9.07. The Morgan fingerprint density at radius 2 is 1.93 bits per heavy atom. The molecule has 0 fully saturated rings. The molecule has 0 bridgehead atoms. The van der Waals surface area contributed by atoms with E-state index < -0.39 is 0 Å². The third-order valence-corrected chi connectivity index (χ3v) is 5.38. The van der Waals surface area contributed by atoms with Crippen LogP contribution < -0.4 is 14.3 Å². The van der Waals surface area contributed by atoms with Crippen LogP contribution in [-0.4, -0.2) is 47.7 Å². The molecule has 9 heteroatoms. The van der Waals surface area contributed by atoms with Gasteiger partial charge in [0.15, 0.2) is 4.80 Å². The second-order valence-electron chi connectivity index (χ2n) is 5.83. The second kappa shape index (κ2) is 9.03. The average molecular weight is 404 g/mol. The number of rotatable bonds is 8. The van der Waals surface area contributed by atoms with E-state index in [1.54, 1.807) is 31.2 Å². The van der Waals surface area contributed by atoms with Crippen molar-refractivity contribution in [3.63, 3.8) is 0 Å². The summed E-state index contributed by atoms with van der Waals surface area (Å²) in [5.41, 5.74) is 1.29. The van der Waals surface area contributed by atoms with Gasteiger partial charge in [-0.3, -0.25) is 9.48 Å². The minimum Gasteiger partial charge on any atom is -0.495 e. The van der Waals surface area contributed by atoms with Crippen molar-refractivity contribution in [1.29, 1.82) is 0 Å². The summed E-state index contributed by atoms with van der Waals surface area (Å²) in [4.78, 5) is 17.7. The van der Waals surface area contributed by atoms with E-state index >= 15 is 0 Å². The zero-order valence-corrected chi connectivity index (χ0v) is 17.3. The Morgan fingerprint density at radius 1 is 1.18 bits per heavy atom. The molecule has 0 aliphatic heterocycles. The normalized spacial score (nSPS) is 11.9. The highest BCUT2D eigenvalue weighted by Crippen LogP contribution is 2.35. The van der Waals surface area contributed by atoms with Crippen LogP contribution in [-0.2, 0) is 17.8 Å². The maximum atomic E-state index is 12.8. The molecule has 0 spiro atoms. The van der Waals surface area contributed by atoms with Gasteiger partial charge in [-0.25, -0.2) is 0 Å². The van der Waals surface area contributed by atoms with Crippen molar-refractivity contribution in [2.75, 3.05) is 27.4 Å². The Kier molecular flexibility index (Phi) is 6.48.